The number of carbonyl (C=O) groups excluding carboxylic acids is 1. The third kappa shape index (κ3) is 2.13. The average molecular weight is 174 g/mol. The molecule has 0 atom stereocenters. The van der Waals surface area contributed by atoms with Crippen molar-refractivity contribution in [2.45, 2.75) is 0 Å². The second-order valence-corrected chi connectivity index (χ2v) is 1.88. The lowest BCUT2D eigenvalue weighted by atomic mass is 10.2. The van der Waals surface area contributed by atoms with Crippen LogP contribution in [0.5, 0.6) is 5.75 Å². The molecule has 4 heteroatoms. The Hall–Kier alpha value is -1.22. The molecule has 3 N–H and O–H groups in total. The molecule has 3 nitrogen and oxygen atoms in total. The number of carbonyl (C=O) groups is 1. The molecule has 0 saturated carbocycles. The van der Waals surface area contributed by atoms with E-state index in [9.17, 15) is 4.79 Å². The highest BCUT2D eigenvalue weighted by atomic mass is 35.5. The van der Waals surface area contributed by atoms with Crippen LogP contribution in [0.15, 0.2) is 24.3 Å². The predicted molar refractivity (Wildman–Crippen MR) is 43.9 cm³/mol. The van der Waals surface area contributed by atoms with Crippen LogP contribution in [0.4, 0.5) is 0 Å². The van der Waals surface area contributed by atoms with Crippen LogP contribution in [-0.2, 0) is 0 Å². The molecular formula is C7H8ClNO2. The smallest absolute Gasteiger partial charge is 0.252 e. The normalized spacial score (nSPS) is 8.36. The maximum absolute atomic E-state index is 10.5. The van der Waals surface area contributed by atoms with Gasteiger partial charge in [0.25, 0.3) is 5.91 Å². The first kappa shape index (κ1) is 9.78. The van der Waals surface area contributed by atoms with E-state index < -0.39 is 5.91 Å². The summed E-state index contributed by atoms with van der Waals surface area (Å²) in [6, 6.07) is 6.15. The number of aromatic hydroxyl groups is 1. The highest BCUT2D eigenvalue weighted by molar-refractivity contribution is 5.95. The molecule has 0 fully saturated rings. The second kappa shape index (κ2) is 3.83. The zero-order valence-electron chi connectivity index (χ0n) is 5.65. The molecule has 0 radical (unpaired) electrons. The van der Waals surface area contributed by atoms with Gasteiger partial charge in [-0.05, 0) is 12.1 Å². The Morgan fingerprint density at radius 3 is 2.27 bits per heavy atom. The van der Waals surface area contributed by atoms with E-state index in [2.05, 4.69) is 0 Å². The van der Waals surface area contributed by atoms with E-state index in [0.717, 1.165) is 0 Å². The topological polar surface area (TPSA) is 63.3 Å². The first-order chi connectivity index (χ1) is 4.72. The number of hydrogen-bond donors (Lipinski definition) is 2. The molecule has 1 amide bonds. The number of para-hydroxylation sites is 1. The van der Waals surface area contributed by atoms with Crippen molar-refractivity contribution in [1.29, 1.82) is 0 Å². The molecule has 0 aliphatic carbocycles. The van der Waals surface area contributed by atoms with Crippen molar-refractivity contribution >= 4 is 18.3 Å². The van der Waals surface area contributed by atoms with Crippen LogP contribution in [0.2, 0.25) is 0 Å². The highest BCUT2D eigenvalue weighted by Crippen LogP contribution is 2.13. The van der Waals surface area contributed by atoms with Crippen molar-refractivity contribution in [1.82, 2.24) is 0 Å². The minimum Gasteiger partial charge on any atom is -0.507 e. The molecule has 1 aromatic carbocycles. The van der Waals surface area contributed by atoms with Gasteiger partial charge in [0.2, 0.25) is 0 Å². The number of primary amides is 1. The van der Waals surface area contributed by atoms with Gasteiger partial charge >= 0.3 is 0 Å². The van der Waals surface area contributed by atoms with Gasteiger partial charge in [0, 0.05) is 0 Å². The van der Waals surface area contributed by atoms with Crippen LogP contribution in [0.25, 0.3) is 0 Å². The van der Waals surface area contributed by atoms with E-state index >= 15 is 0 Å². The van der Waals surface area contributed by atoms with Crippen LogP contribution in [0.3, 0.4) is 0 Å². The van der Waals surface area contributed by atoms with Crippen molar-refractivity contribution in [2.75, 3.05) is 0 Å². The maximum Gasteiger partial charge on any atom is 0.252 e. The number of nitrogens with two attached hydrogens (primary N) is 1. The van der Waals surface area contributed by atoms with Gasteiger partial charge in [-0.25, -0.2) is 0 Å². The van der Waals surface area contributed by atoms with E-state index in [0.29, 0.717) is 0 Å². The van der Waals surface area contributed by atoms with E-state index in [1.165, 1.54) is 12.1 Å². The van der Waals surface area contributed by atoms with Crippen LogP contribution in [0.1, 0.15) is 10.4 Å². The van der Waals surface area contributed by atoms with Crippen molar-refractivity contribution in [3.63, 3.8) is 0 Å². The SMILES string of the molecule is Cl.NC(=O)c1ccccc1O. The molecular weight excluding hydrogens is 166 g/mol. The fourth-order valence-electron chi connectivity index (χ4n) is 0.682. The third-order valence-electron chi connectivity index (χ3n) is 1.17. The Labute approximate surface area is 70.2 Å². The van der Waals surface area contributed by atoms with Crippen LogP contribution < -0.4 is 5.73 Å². The maximum atomic E-state index is 10.5. The summed E-state index contributed by atoms with van der Waals surface area (Å²) in [5.74, 6) is -0.687. The van der Waals surface area contributed by atoms with Gasteiger partial charge in [-0.15, -0.1) is 12.4 Å². The molecule has 60 valence electrons. The van der Waals surface area contributed by atoms with Crippen molar-refractivity contribution in [3.8, 4) is 5.75 Å². The van der Waals surface area contributed by atoms with Gasteiger partial charge < -0.3 is 10.8 Å². The lowest BCUT2D eigenvalue weighted by Gasteiger charge is -1.96. The van der Waals surface area contributed by atoms with Crippen LogP contribution >= 0.6 is 12.4 Å². The fraction of sp³-hybridized carbons (Fsp3) is 0. The van der Waals surface area contributed by atoms with Gasteiger partial charge in [-0.1, -0.05) is 12.1 Å². The Kier molecular flexibility index (Phi) is 3.40. The largest absolute Gasteiger partial charge is 0.507 e. The summed E-state index contributed by atoms with van der Waals surface area (Å²) in [5.41, 5.74) is 5.07. The van der Waals surface area contributed by atoms with Gasteiger partial charge in [-0.2, -0.15) is 0 Å². The zero-order chi connectivity index (χ0) is 7.56. The number of benzene rings is 1. The summed E-state index contributed by atoms with van der Waals surface area (Å²) in [7, 11) is 0. The monoisotopic (exact) mass is 173 g/mol. The number of rotatable bonds is 1. The van der Waals surface area contributed by atoms with Crippen LogP contribution in [0, 0.1) is 0 Å². The van der Waals surface area contributed by atoms with Crippen molar-refractivity contribution < 1.29 is 9.90 Å². The highest BCUT2D eigenvalue weighted by Gasteiger charge is 2.03. The molecule has 0 aliphatic heterocycles. The standard InChI is InChI=1S/C7H7NO2.ClH/c8-7(10)5-3-1-2-4-6(5)9;/h1-4,9H,(H2,8,10);1H. The van der Waals surface area contributed by atoms with Gasteiger partial charge in [-0.3, -0.25) is 4.79 Å². The zero-order valence-corrected chi connectivity index (χ0v) is 6.47. The molecule has 0 bridgehead atoms. The van der Waals surface area contributed by atoms with Gasteiger partial charge in [0.05, 0.1) is 5.56 Å². The minimum absolute atomic E-state index is 0. The number of amides is 1. The summed E-state index contributed by atoms with van der Waals surface area (Å²) in [5, 5.41) is 8.98. The third-order valence-corrected chi connectivity index (χ3v) is 1.17. The Morgan fingerprint density at radius 2 is 1.91 bits per heavy atom. The van der Waals surface area contributed by atoms with Crippen molar-refractivity contribution in [3.05, 3.63) is 29.8 Å². The summed E-state index contributed by atoms with van der Waals surface area (Å²) in [6.45, 7) is 0. The van der Waals surface area contributed by atoms with Gasteiger partial charge in [0.15, 0.2) is 0 Å². The van der Waals surface area contributed by atoms with Crippen molar-refractivity contribution in [2.24, 2.45) is 5.73 Å². The molecule has 0 spiro atoms. The molecule has 11 heavy (non-hydrogen) atoms. The number of phenols is 1. The Bertz CT molecular complexity index is 262. The summed E-state index contributed by atoms with van der Waals surface area (Å²) < 4.78 is 0. The second-order valence-electron chi connectivity index (χ2n) is 1.88. The Morgan fingerprint density at radius 1 is 1.36 bits per heavy atom. The van der Waals surface area contributed by atoms with Gasteiger partial charge in [0.1, 0.15) is 5.75 Å². The summed E-state index contributed by atoms with van der Waals surface area (Å²) >= 11 is 0. The minimum atomic E-state index is -0.613. The molecule has 0 aliphatic rings. The lowest BCUT2D eigenvalue weighted by molar-refractivity contribution is 0.0998. The van der Waals surface area contributed by atoms with E-state index in [-0.39, 0.29) is 23.7 Å². The molecule has 1 rings (SSSR count). The average Bonchev–Trinajstić information content (AvgIpc) is 1.88. The first-order valence-electron chi connectivity index (χ1n) is 2.79. The number of halogens is 1. The lowest BCUT2D eigenvalue weighted by Crippen LogP contribution is -2.10. The molecule has 1 aromatic rings. The summed E-state index contributed by atoms with van der Waals surface area (Å²) in [6.07, 6.45) is 0. The number of hydrogen-bond acceptors (Lipinski definition) is 2. The Balaban J connectivity index is 0.000001000. The summed E-state index contributed by atoms with van der Waals surface area (Å²) in [4.78, 5) is 10.5. The molecule has 0 unspecified atom stereocenters. The van der Waals surface area contributed by atoms with E-state index in [4.69, 9.17) is 10.8 Å². The van der Waals surface area contributed by atoms with Crippen LogP contribution in [-0.4, -0.2) is 11.0 Å². The van der Waals surface area contributed by atoms with E-state index in [1.54, 1.807) is 12.1 Å². The first-order valence-corrected chi connectivity index (χ1v) is 2.79. The molecule has 0 heterocycles. The quantitative estimate of drug-likeness (QED) is 0.663. The predicted octanol–water partition coefficient (Wildman–Crippen LogP) is 0.913. The molecule has 0 aromatic heterocycles. The molecule has 0 saturated heterocycles. The fourth-order valence-corrected chi connectivity index (χ4v) is 0.682. The van der Waals surface area contributed by atoms with E-state index in [1.807, 2.05) is 0 Å².